The maximum Gasteiger partial charge on any atom is 0.337 e. The molecule has 1 fully saturated rings. The molecule has 7 heteroatoms. The summed E-state index contributed by atoms with van der Waals surface area (Å²) in [5, 5.41) is 9.55. The monoisotopic (exact) mass is 323 g/mol. The minimum absolute atomic E-state index is 0.0235. The number of nitrogens with zero attached hydrogens (tertiary/aromatic N) is 1. The maximum absolute atomic E-state index is 13.4. The van der Waals surface area contributed by atoms with Gasteiger partial charge in [0.1, 0.15) is 0 Å². The van der Waals surface area contributed by atoms with E-state index in [-0.39, 0.29) is 35.0 Å². The minimum atomic E-state index is -2.70. The predicted octanol–water partition coefficient (Wildman–Crippen LogP) is 4.32. The maximum atomic E-state index is 13.4. The van der Waals surface area contributed by atoms with Gasteiger partial charge in [-0.05, 0) is 18.6 Å². The fraction of sp³-hybridized carbons (Fsp3) is 0.462. The van der Waals surface area contributed by atoms with Crippen molar-refractivity contribution >= 4 is 34.9 Å². The first kappa shape index (κ1) is 15.3. The van der Waals surface area contributed by atoms with Gasteiger partial charge in [-0.2, -0.15) is 0 Å². The molecule has 1 heterocycles. The third-order valence-corrected chi connectivity index (χ3v) is 4.05. The Hall–Kier alpha value is -1.07. The Morgan fingerprint density at radius 1 is 1.20 bits per heavy atom. The largest absolute Gasteiger partial charge is 0.478 e. The average Bonchev–Trinajstić information content (AvgIpc) is 2.53. The molecule has 0 amide bonds. The Balaban J connectivity index is 2.36. The van der Waals surface area contributed by atoms with Gasteiger partial charge in [-0.15, -0.1) is 0 Å². The highest BCUT2D eigenvalue weighted by atomic mass is 35.5. The van der Waals surface area contributed by atoms with Crippen LogP contribution in [0.25, 0.3) is 0 Å². The molecule has 0 saturated carbocycles. The Kier molecular flexibility index (Phi) is 4.39. The van der Waals surface area contributed by atoms with E-state index in [9.17, 15) is 18.7 Å². The lowest BCUT2D eigenvalue weighted by Crippen LogP contribution is -2.27. The van der Waals surface area contributed by atoms with E-state index in [0.29, 0.717) is 18.7 Å². The third kappa shape index (κ3) is 3.33. The molecule has 3 nitrogen and oxygen atoms in total. The summed E-state index contributed by atoms with van der Waals surface area (Å²) in [6, 6.07) is 2.68. The molecule has 0 aliphatic carbocycles. The second-order valence-corrected chi connectivity index (χ2v) is 5.60. The van der Waals surface area contributed by atoms with Gasteiger partial charge in [-0.25, -0.2) is 13.6 Å². The minimum Gasteiger partial charge on any atom is -0.478 e. The highest BCUT2D eigenvalue weighted by Crippen LogP contribution is 2.35. The Bertz CT molecular complexity index is 537. The van der Waals surface area contributed by atoms with E-state index in [0.717, 1.165) is 0 Å². The number of rotatable bonds is 2. The fourth-order valence-corrected chi connectivity index (χ4v) is 2.60. The smallest absolute Gasteiger partial charge is 0.337 e. The van der Waals surface area contributed by atoms with Crippen molar-refractivity contribution in [2.45, 2.75) is 25.2 Å². The Morgan fingerprint density at radius 2 is 1.85 bits per heavy atom. The fourth-order valence-electron chi connectivity index (χ4n) is 2.27. The highest BCUT2D eigenvalue weighted by molar-refractivity contribution is 6.42. The molecule has 0 atom stereocenters. The molecular weight excluding hydrogens is 311 g/mol. The van der Waals surface area contributed by atoms with Crippen LogP contribution in [0.3, 0.4) is 0 Å². The van der Waals surface area contributed by atoms with Crippen LogP contribution in [0.4, 0.5) is 14.5 Å². The van der Waals surface area contributed by atoms with E-state index in [1.54, 1.807) is 4.90 Å². The number of alkyl halides is 2. The molecular formula is C13H13Cl2F2NO2. The van der Waals surface area contributed by atoms with Gasteiger partial charge in [0, 0.05) is 25.9 Å². The van der Waals surface area contributed by atoms with Crippen LogP contribution in [-0.2, 0) is 0 Å². The molecule has 0 radical (unpaired) electrons. The molecule has 1 aromatic carbocycles. The lowest BCUT2D eigenvalue weighted by molar-refractivity contribution is -0.0102. The van der Waals surface area contributed by atoms with Gasteiger partial charge in [0.05, 0.1) is 21.3 Å². The molecule has 2 rings (SSSR count). The molecule has 1 aromatic rings. The van der Waals surface area contributed by atoms with Crippen LogP contribution in [0.2, 0.25) is 10.0 Å². The van der Waals surface area contributed by atoms with E-state index in [1.807, 2.05) is 0 Å². The van der Waals surface area contributed by atoms with Crippen LogP contribution in [0.1, 0.15) is 29.6 Å². The van der Waals surface area contributed by atoms with Crippen molar-refractivity contribution in [3.63, 3.8) is 0 Å². The third-order valence-electron chi connectivity index (χ3n) is 3.33. The number of benzene rings is 1. The van der Waals surface area contributed by atoms with Crippen LogP contribution < -0.4 is 4.90 Å². The molecule has 20 heavy (non-hydrogen) atoms. The number of carboxylic acids is 1. The van der Waals surface area contributed by atoms with Crippen LogP contribution in [0, 0.1) is 0 Å². The van der Waals surface area contributed by atoms with Gasteiger partial charge in [-0.3, -0.25) is 0 Å². The lowest BCUT2D eigenvalue weighted by atomic mass is 10.1. The Morgan fingerprint density at radius 3 is 2.50 bits per heavy atom. The van der Waals surface area contributed by atoms with Crippen LogP contribution in [-0.4, -0.2) is 30.1 Å². The van der Waals surface area contributed by atoms with Crippen molar-refractivity contribution in [3.8, 4) is 0 Å². The molecule has 110 valence electrons. The second kappa shape index (κ2) is 5.74. The molecule has 0 bridgehead atoms. The summed E-state index contributed by atoms with van der Waals surface area (Å²) >= 11 is 11.7. The standard InChI is InChI=1S/C13H13Cl2F2NO2/c14-9-6-8(12(19)20)11(7-10(9)15)18-4-1-2-13(16,17)3-5-18/h6-7H,1-5H2,(H,19,20). The summed E-state index contributed by atoms with van der Waals surface area (Å²) in [6.45, 7) is 0.457. The normalized spacial score (nSPS) is 18.7. The molecule has 1 aliphatic heterocycles. The number of halogens is 4. The molecule has 1 aliphatic rings. The SMILES string of the molecule is O=C(O)c1cc(Cl)c(Cl)cc1N1CCCC(F)(F)CC1. The topological polar surface area (TPSA) is 40.5 Å². The predicted molar refractivity (Wildman–Crippen MR) is 74.4 cm³/mol. The summed E-state index contributed by atoms with van der Waals surface area (Å²) < 4.78 is 26.7. The quantitative estimate of drug-likeness (QED) is 0.881. The first-order chi connectivity index (χ1) is 9.30. The summed E-state index contributed by atoms with van der Waals surface area (Å²) in [7, 11) is 0. The number of carbonyl (C=O) groups is 1. The van der Waals surface area contributed by atoms with E-state index in [1.165, 1.54) is 12.1 Å². The number of aromatic carboxylic acids is 1. The van der Waals surface area contributed by atoms with Crippen LogP contribution >= 0.6 is 23.2 Å². The van der Waals surface area contributed by atoms with Crippen molar-refractivity contribution in [1.82, 2.24) is 0 Å². The van der Waals surface area contributed by atoms with Crippen LogP contribution in [0.15, 0.2) is 12.1 Å². The van der Waals surface area contributed by atoms with Gasteiger partial charge in [0.15, 0.2) is 0 Å². The summed E-state index contributed by atoms with van der Waals surface area (Å²) in [4.78, 5) is 12.9. The van der Waals surface area contributed by atoms with Crippen molar-refractivity contribution in [2.75, 3.05) is 18.0 Å². The van der Waals surface area contributed by atoms with E-state index in [4.69, 9.17) is 23.2 Å². The van der Waals surface area contributed by atoms with Crippen molar-refractivity contribution in [2.24, 2.45) is 0 Å². The molecule has 0 aromatic heterocycles. The van der Waals surface area contributed by atoms with E-state index < -0.39 is 11.9 Å². The van der Waals surface area contributed by atoms with Gasteiger partial charge in [-0.1, -0.05) is 23.2 Å². The van der Waals surface area contributed by atoms with E-state index in [2.05, 4.69) is 0 Å². The van der Waals surface area contributed by atoms with Crippen molar-refractivity contribution in [3.05, 3.63) is 27.7 Å². The molecule has 1 saturated heterocycles. The molecule has 1 N–H and O–H groups in total. The number of hydrogen-bond acceptors (Lipinski definition) is 2. The molecule has 0 unspecified atom stereocenters. The zero-order valence-electron chi connectivity index (χ0n) is 10.5. The number of anilines is 1. The first-order valence-corrected chi connectivity index (χ1v) is 6.91. The number of hydrogen-bond donors (Lipinski definition) is 1. The summed E-state index contributed by atoms with van der Waals surface area (Å²) in [6.07, 6.45) is -0.189. The van der Waals surface area contributed by atoms with Gasteiger partial charge in [0.25, 0.3) is 0 Å². The zero-order valence-corrected chi connectivity index (χ0v) is 12.0. The second-order valence-electron chi connectivity index (χ2n) is 4.79. The summed E-state index contributed by atoms with van der Waals surface area (Å²) in [5.41, 5.74) is 0.314. The van der Waals surface area contributed by atoms with Crippen molar-refractivity contribution in [1.29, 1.82) is 0 Å². The number of carboxylic acid groups (broad SMARTS) is 1. The molecule has 0 spiro atoms. The first-order valence-electron chi connectivity index (χ1n) is 6.15. The zero-order chi connectivity index (χ0) is 14.9. The van der Waals surface area contributed by atoms with Crippen molar-refractivity contribution < 1.29 is 18.7 Å². The average molecular weight is 324 g/mol. The lowest BCUT2D eigenvalue weighted by Gasteiger charge is -2.25. The van der Waals surface area contributed by atoms with Gasteiger partial charge < -0.3 is 10.0 Å². The van der Waals surface area contributed by atoms with Crippen LogP contribution in [0.5, 0.6) is 0 Å². The van der Waals surface area contributed by atoms with Gasteiger partial charge in [0.2, 0.25) is 5.92 Å². The Labute approximate surface area is 125 Å². The van der Waals surface area contributed by atoms with Gasteiger partial charge >= 0.3 is 5.97 Å². The highest BCUT2D eigenvalue weighted by Gasteiger charge is 2.32. The summed E-state index contributed by atoms with van der Waals surface area (Å²) in [5.74, 6) is -3.86. The van der Waals surface area contributed by atoms with E-state index >= 15 is 0 Å².